The highest BCUT2D eigenvalue weighted by Gasteiger charge is 2.53. The van der Waals surface area contributed by atoms with Crippen molar-refractivity contribution in [1.82, 2.24) is 62.6 Å². The molecular formula is C62H84N14O19S. The molecule has 96 heavy (non-hydrogen) atoms. The molecule has 5 unspecified atom stereocenters. The Morgan fingerprint density at radius 3 is 2.12 bits per heavy atom. The summed E-state index contributed by atoms with van der Waals surface area (Å²) in [5, 5.41) is 58.0. The van der Waals surface area contributed by atoms with Crippen LogP contribution >= 0.6 is 0 Å². The molecule has 0 saturated carbocycles. The van der Waals surface area contributed by atoms with Gasteiger partial charge in [0.2, 0.25) is 76.8 Å². The van der Waals surface area contributed by atoms with Crippen LogP contribution in [-0.4, -0.2) is 216 Å². The van der Waals surface area contributed by atoms with Gasteiger partial charge >= 0.3 is 0 Å². The minimum atomic E-state index is -2.48. The van der Waals surface area contributed by atoms with Gasteiger partial charge in [0, 0.05) is 67.7 Å². The van der Waals surface area contributed by atoms with Crippen LogP contribution in [0.1, 0.15) is 91.7 Å². The molecule has 4 aliphatic heterocycles. The fourth-order valence-corrected chi connectivity index (χ4v) is 12.9. The fourth-order valence-electron chi connectivity index (χ4n) is 11.5. The number of anilines is 1. The van der Waals surface area contributed by atoms with Crippen LogP contribution in [0.3, 0.4) is 0 Å². The van der Waals surface area contributed by atoms with Crippen LogP contribution < -0.4 is 63.6 Å². The van der Waals surface area contributed by atoms with Crippen molar-refractivity contribution in [3.05, 3.63) is 53.6 Å². The normalized spacial score (nSPS) is 25.8. The van der Waals surface area contributed by atoms with E-state index < -0.39 is 211 Å². The molecule has 3 aromatic rings. The van der Waals surface area contributed by atoms with Gasteiger partial charge in [-0.3, -0.25) is 81.5 Å². The number of nitrogens with zero attached hydrogens (tertiary/aromatic N) is 2. The molecule has 0 radical (unpaired) electrons. The number of benzene rings is 2. The zero-order valence-corrected chi connectivity index (χ0v) is 54.9. The smallest absolute Gasteiger partial charge is 0.247 e. The van der Waals surface area contributed by atoms with E-state index in [2.05, 4.69) is 58.2 Å². The lowest BCUT2D eigenvalue weighted by Crippen LogP contribution is -2.69. The van der Waals surface area contributed by atoms with Crippen molar-refractivity contribution >= 4 is 110 Å². The summed E-state index contributed by atoms with van der Waals surface area (Å²) in [5.41, 5.74) is 4.39. The number of ether oxygens (including phenoxy) is 1. The molecule has 13 amide bonds. The lowest BCUT2D eigenvalue weighted by Gasteiger charge is -2.41. The number of fused-ring (bicyclic) bond motifs is 5. The number of aldehydes is 1. The van der Waals surface area contributed by atoms with Crippen LogP contribution in [0.15, 0.2) is 47.5 Å². The maximum atomic E-state index is 15.2. The number of hydrogen-bond donors (Lipinski definition) is 15. The Hall–Kier alpha value is -9.25. The van der Waals surface area contributed by atoms with Crippen LogP contribution in [0, 0.1) is 23.7 Å². The van der Waals surface area contributed by atoms with E-state index in [0.717, 1.165) is 9.80 Å². The van der Waals surface area contributed by atoms with E-state index in [0.29, 0.717) is 17.7 Å². The van der Waals surface area contributed by atoms with Gasteiger partial charge in [0.15, 0.2) is 11.9 Å². The number of rotatable bonds is 20. The first-order chi connectivity index (χ1) is 45.4. The molecule has 7 rings (SSSR count). The summed E-state index contributed by atoms with van der Waals surface area (Å²) in [6, 6.07) is 0.00374. The van der Waals surface area contributed by atoms with E-state index in [1.54, 1.807) is 58.9 Å². The van der Waals surface area contributed by atoms with E-state index in [9.17, 15) is 77.6 Å². The van der Waals surface area contributed by atoms with Crippen molar-refractivity contribution in [2.24, 2.45) is 29.4 Å². The standard InChI is InChI=1S/C62H84N14O19S/c1-8-30(4)51-56(89)65-22-47(83)68-43-27-96(94)59-39(19-41(54(87)64-23-48(84)73-51)69-58(91)52(32(6)44(80)25-77)74-62(28-78)21-36(79)24-76(62)61(93)42(20-45(63)81)70-55(43)88)38-14-13-37(18-40(38)71-59)95-26-34-9-11-35(12-10-34)67-53(86)33(7)66-57(90)50(29(2)3)72-46(82)15-16-75-49(85)17-31(5)60(75)92/h9-14,18,28-33,36,41-44,50-52,71,74,77,79-80H,8,15-17,19-27H2,1-7H3,(H2,63,81)(H,64,87)(H,65,89)(H,66,90)(H,67,86)(H,68,83)(H,69,91)(H,70,88)(H,72,82)(H,73,84)/t30-,31?,32-,33-,36+,41?,42-,43?,44-,50-,51-,52-,62?,96?/m0/s1. The number of carbonyl (C=O) groups is 14. The van der Waals surface area contributed by atoms with Gasteiger partial charge in [0.25, 0.3) is 0 Å². The molecule has 0 spiro atoms. The number of H-pyrrole nitrogens is 1. The summed E-state index contributed by atoms with van der Waals surface area (Å²) in [7, 11) is -2.48. The number of imide groups is 1. The van der Waals surface area contributed by atoms with Crippen molar-refractivity contribution in [1.29, 1.82) is 0 Å². The van der Waals surface area contributed by atoms with Gasteiger partial charge in [-0.15, -0.1) is 0 Å². The number of aliphatic hydroxyl groups excluding tert-OH is 3. The Labute approximate surface area is 553 Å². The molecule has 2 fully saturated rings. The minimum Gasteiger partial charge on any atom is -0.489 e. The molecular weight excluding hydrogens is 1280 g/mol. The first-order valence-corrected chi connectivity index (χ1v) is 32.7. The van der Waals surface area contributed by atoms with Gasteiger partial charge in [-0.2, -0.15) is 0 Å². The molecule has 1 aromatic heterocycles. The lowest BCUT2D eigenvalue weighted by atomic mass is 9.92. The Kier molecular flexibility index (Phi) is 25.1. The van der Waals surface area contributed by atoms with Gasteiger partial charge in [0.1, 0.15) is 53.6 Å². The maximum absolute atomic E-state index is 15.2. The first-order valence-electron chi connectivity index (χ1n) is 31.4. The Balaban J connectivity index is 1.20. The third-order valence-corrected chi connectivity index (χ3v) is 18.8. The number of primary amides is 1. The average Bonchev–Trinajstić information content (AvgIpc) is 1.63. The zero-order chi connectivity index (χ0) is 70.6. The number of aromatic amines is 1. The first kappa shape index (κ1) is 74.1. The third kappa shape index (κ3) is 18.2. The molecule has 14 atom stereocenters. The predicted octanol–water partition coefficient (Wildman–Crippen LogP) is -4.68. The largest absolute Gasteiger partial charge is 0.489 e. The number of aromatic nitrogens is 1. The van der Waals surface area contributed by atoms with Gasteiger partial charge in [-0.05, 0) is 54.2 Å². The summed E-state index contributed by atoms with van der Waals surface area (Å²) in [6.45, 7) is 7.64. The van der Waals surface area contributed by atoms with Crippen LogP contribution in [0.5, 0.6) is 5.75 Å². The van der Waals surface area contributed by atoms with Gasteiger partial charge in [-0.25, -0.2) is 0 Å². The molecule has 522 valence electrons. The molecule has 16 N–H and O–H groups in total. The summed E-state index contributed by atoms with van der Waals surface area (Å²) < 4.78 is 21.4. The van der Waals surface area contributed by atoms with E-state index >= 15 is 9.00 Å². The molecule has 2 aromatic carbocycles. The number of carbonyl (C=O) groups excluding carboxylic acids is 14. The Bertz CT molecular complexity index is 3530. The number of aliphatic hydroxyl groups is 3. The van der Waals surface area contributed by atoms with Crippen LogP contribution in [0.25, 0.3) is 10.9 Å². The summed E-state index contributed by atoms with van der Waals surface area (Å²) in [4.78, 5) is 196. The number of hydrogen-bond acceptors (Lipinski definition) is 20. The quantitative estimate of drug-likeness (QED) is 0.0373. The third-order valence-electron chi connectivity index (χ3n) is 17.3. The summed E-state index contributed by atoms with van der Waals surface area (Å²) >= 11 is 0. The topological polar surface area (TPSA) is 495 Å². The van der Waals surface area contributed by atoms with Crippen molar-refractivity contribution in [2.75, 3.05) is 43.9 Å². The van der Waals surface area contributed by atoms with Crippen molar-refractivity contribution < 1.29 is 91.4 Å². The minimum absolute atomic E-state index is 0.0550. The molecule has 5 heterocycles. The highest BCUT2D eigenvalue weighted by Crippen LogP contribution is 2.33. The van der Waals surface area contributed by atoms with Gasteiger partial charge in [0.05, 0.1) is 66.4 Å². The van der Waals surface area contributed by atoms with Crippen LogP contribution in [-0.2, 0) is 91.0 Å². The molecule has 34 heteroatoms. The average molecular weight is 1360 g/mol. The van der Waals surface area contributed by atoms with Crippen LogP contribution in [0.4, 0.5) is 5.69 Å². The molecule has 33 nitrogen and oxygen atoms in total. The second kappa shape index (κ2) is 32.5. The fraction of sp³-hybridized carbons (Fsp3) is 0.548. The number of nitrogens with one attached hydrogen (secondary N) is 11. The monoisotopic (exact) mass is 1360 g/mol. The predicted molar refractivity (Wildman–Crippen MR) is 339 cm³/mol. The summed E-state index contributed by atoms with van der Waals surface area (Å²) in [5.74, 6) is -14.7. The van der Waals surface area contributed by atoms with Crippen molar-refractivity contribution in [2.45, 2.75) is 159 Å². The Morgan fingerprint density at radius 1 is 0.823 bits per heavy atom. The number of amides is 13. The SMILES string of the molecule is CC[C@H](C)[C@@H]1NC(=O)CNC(=O)C2Cc3c([nH]c4cc(OCc5ccc(NC(=O)[C@H](C)NC(=O)[C@@H](NC(=O)CCN6C(=O)CC(C)C6=O)C(C)C)cc5)ccc34)S(=O)CC(NC(=O)CNC1=O)C(=O)N[C@@H](CC(N)=O)C(=O)N1C[C@H](O)CC1(C=O)N[C@@H]([C@@H](C)[C@@H](O)CO)C(=O)N2. The van der Waals surface area contributed by atoms with E-state index in [-0.39, 0.29) is 71.3 Å². The van der Waals surface area contributed by atoms with E-state index in [4.69, 9.17) is 10.5 Å². The molecule has 4 aliphatic rings. The molecule has 0 aliphatic carbocycles. The van der Waals surface area contributed by atoms with Gasteiger partial charge in [-0.1, -0.05) is 60.1 Å². The maximum Gasteiger partial charge on any atom is 0.247 e. The summed E-state index contributed by atoms with van der Waals surface area (Å²) in [6.07, 6.45) is -5.09. The highest BCUT2D eigenvalue weighted by molar-refractivity contribution is 7.85. The Morgan fingerprint density at radius 2 is 1.50 bits per heavy atom. The second-order valence-corrected chi connectivity index (χ2v) is 26.4. The molecule has 2 bridgehead atoms. The zero-order valence-electron chi connectivity index (χ0n) is 54.1. The number of nitrogens with two attached hydrogens (primary N) is 1. The van der Waals surface area contributed by atoms with E-state index in [1.807, 2.05) is 0 Å². The highest BCUT2D eigenvalue weighted by atomic mass is 32.2. The second-order valence-electron chi connectivity index (χ2n) is 24.9. The van der Waals surface area contributed by atoms with Crippen LogP contribution in [0.2, 0.25) is 0 Å². The molecule has 2 saturated heterocycles. The van der Waals surface area contributed by atoms with Crippen molar-refractivity contribution in [3.8, 4) is 5.75 Å². The van der Waals surface area contributed by atoms with E-state index in [1.165, 1.54) is 32.0 Å². The van der Waals surface area contributed by atoms with Crippen molar-refractivity contribution in [3.63, 3.8) is 0 Å². The lowest BCUT2D eigenvalue weighted by molar-refractivity contribution is -0.147. The number of likely N-dealkylation sites (tertiary alicyclic amines) is 1. The van der Waals surface area contributed by atoms with Gasteiger partial charge < -0.3 is 83.5 Å².